The lowest BCUT2D eigenvalue weighted by Gasteiger charge is -2.05. The summed E-state index contributed by atoms with van der Waals surface area (Å²) in [6, 6.07) is 12.5. The molecule has 0 bridgehead atoms. The lowest BCUT2D eigenvalue weighted by atomic mass is 10.2. The fourth-order valence-electron chi connectivity index (χ4n) is 2.02. The monoisotopic (exact) mass is 267 g/mol. The van der Waals surface area contributed by atoms with E-state index in [9.17, 15) is 0 Å². The largest absolute Gasteiger partial charge is 0.484 e. The van der Waals surface area contributed by atoms with Crippen LogP contribution in [0.5, 0.6) is 5.75 Å². The SMILES string of the molecule is CC(C)n1cc(OCc2ccc3ccccc3n2)cn1. The molecule has 4 heteroatoms. The predicted octanol–water partition coefficient (Wildman–Crippen LogP) is 3.59. The maximum Gasteiger partial charge on any atom is 0.157 e. The van der Waals surface area contributed by atoms with Crippen LogP contribution >= 0.6 is 0 Å². The first-order chi connectivity index (χ1) is 9.72. The summed E-state index contributed by atoms with van der Waals surface area (Å²) in [5.41, 5.74) is 1.91. The van der Waals surface area contributed by atoms with E-state index in [2.05, 4.69) is 36.1 Å². The zero-order chi connectivity index (χ0) is 13.9. The fraction of sp³-hybridized carbons (Fsp3) is 0.250. The molecule has 0 saturated carbocycles. The predicted molar refractivity (Wildman–Crippen MR) is 78.7 cm³/mol. The molecule has 0 amide bonds. The third-order valence-corrected chi connectivity index (χ3v) is 3.15. The Bertz CT molecular complexity index is 718. The smallest absolute Gasteiger partial charge is 0.157 e. The number of para-hydroxylation sites is 1. The van der Waals surface area contributed by atoms with Gasteiger partial charge in [-0.25, -0.2) is 4.98 Å². The van der Waals surface area contributed by atoms with Gasteiger partial charge in [-0.15, -0.1) is 0 Å². The van der Waals surface area contributed by atoms with Crippen molar-refractivity contribution in [1.29, 1.82) is 0 Å². The van der Waals surface area contributed by atoms with E-state index in [4.69, 9.17) is 4.74 Å². The molecule has 0 aliphatic heterocycles. The van der Waals surface area contributed by atoms with Crippen molar-refractivity contribution in [2.24, 2.45) is 0 Å². The molecule has 20 heavy (non-hydrogen) atoms. The molecule has 0 fully saturated rings. The van der Waals surface area contributed by atoms with Crippen LogP contribution in [0.15, 0.2) is 48.8 Å². The Morgan fingerprint density at radius 2 is 2.00 bits per heavy atom. The van der Waals surface area contributed by atoms with Gasteiger partial charge in [0.1, 0.15) is 6.61 Å². The third kappa shape index (κ3) is 2.64. The Kier molecular flexibility index (Phi) is 3.37. The van der Waals surface area contributed by atoms with Crippen molar-refractivity contribution in [2.45, 2.75) is 26.5 Å². The molecule has 3 rings (SSSR count). The first-order valence-corrected chi connectivity index (χ1v) is 6.74. The van der Waals surface area contributed by atoms with Gasteiger partial charge in [-0.1, -0.05) is 24.3 Å². The first kappa shape index (κ1) is 12.7. The molecular weight excluding hydrogens is 250 g/mol. The number of hydrogen-bond donors (Lipinski definition) is 0. The summed E-state index contributed by atoms with van der Waals surface area (Å²) >= 11 is 0. The van der Waals surface area contributed by atoms with Gasteiger partial charge in [-0.3, -0.25) is 4.68 Å². The zero-order valence-corrected chi connectivity index (χ0v) is 11.7. The second kappa shape index (κ2) is 5.33. The summed E-state index contributed by atoms with van der Waals surface area (Å²) in [5.74, 6) is 0.772. The molecular formula is C16H17N3O. The molecule has 3 aromatic rings. The average molecular weight is 267 g/mol. The van der Waals surface area contributed by atoms with E-state index in [1.165, 1.54) is 0 Å². The van der Waals surface area contributed by atoms with Crippen molar-refractivity contribution in [3.63, 3.8) is 0 Å². The van der Waals surface area contributed by atoms with Gasteiger partial charge in [0, 0.05) is 11.4 Å². The van der Waals surface area contributed by atoms with Gasteiger partial charge in [0.05, 0.1) is 23.6 Å². The molecule has 0 N–H and O–H groups in total. The highest BCUT2D eigenvalue weighted by molar-refractivity contribution is 5.78. The zero-order valence-electron chi connectivity index (χ0n) is 11.7. The number of fused-ring (bicyclic) bond motifs is 1. The average Bonchev–Trinajstić information content (AvgIpc) is 2.94. The highest BCUT2D eigenvalue weighted by atomic mass is 16.5. The van der Waals surface area contributed by atoms with E-state index in [0.717, 1.165) is 22.3 Å². The Balaban J connectivity index is 1.72. The lowest BCUT2D eigenvalue weighted by Crippen LogP contribution is -2.00. The molecule has 0 spiro atoms. The fourth-order valence-corrected chi connectivity index (χ4v) is 2.02. The highest BCUT2D eigenvalue weighted by Crippen LogP contribution is 2.16. The standard InChI is InChI=1S/C16H17N3O/c1-12(2)19-10-15(9-17-19)20-11-14-8-7-13-5-3-4-6-16(13)18-14/h3-10,12H,11H2,1-2H3. The number of rotatable bonds is 4. The second-order valence-corrected chi connectivity index (χ2v) is 5.03. The van der Waals surface area contributed by atoms with Crippen LogP contribution in [0.1, 0.15) is 25.6 Å². The van der Waals surface area contributed by atoms with Gasteiger partial charge in [0.15, 0.2) is 5.75 Å². The van der Waals surface area contributed by atoms with E-state index >= 15 is 0 Å². The van der Waals surface area contributed by atoms with Crippen molar-refractivity contribution >= 4 is 10.9 Å². The van der Waals surface area contributed by atoms with E-state index in [1.54, 1.807) is 6.20 Å². The Hall–Kier alpha value is -2.36. The second-order valence-electron chi connectivity index (χ2n) is 5.03. The minimum atomic E-state index is 0.339. The van der Waals surface area contributed by atoms with Crippen molar-refractivity contribution in [3.05, 3.63) is 54.5 Å². The van der Waals surface area contributed by atoms with Crippen LogP contribution in [-0.4, -0.2) is 14.8 Å². The normalized spacial score (nSPS) is 11.2. The van der Waals surface area contributed by atoms with Gasteiger partial charge >= 0.3 is 0 Å². The summed E-state index contributed by atoms with van der Waals surface area (Å²) in [4.78, 5) is 4.58. The molecule has 0 atom stereocenters. The molecule has 0 saturated heterocycles. The Labute approximate surface area is 118 Å². The van der Waals surface area contributed by atoms with E-state index in [-0.39, 0.29) is 0 Å². The number of aromatic nitrogens is 3. The van der Waals surface area contributed by atoms with E-state index in [0.29, 0.717) is 12.6 Å². The minimum Gasteiger partial charge on any atom is -0.484 e. The number of hydrogen-bond acceptors (Lipinski definition) is 3. The van der Waals surface area contributed by atoms with Crippen LogP contribution in [0, 0.1) is 0 Å². The summed E-state index contributed by atoms with van der Waals surface area (Å²) in [5, 5.41) is 5.39. The summed E-state index contributed by atoms with van der Waals surface area (Å²) in [6.07, 6.45) is 3.65. The molecule has 1 aromatic carbocycles. The molecule has 2 heterocycles. The van der Waals surface area contributed by atoms with Crippen LogP contribution in [0.3, 0.4) is 0 Å². The Morgan fingerprint density at radius 3 is 2.80 bits per heavy atom. The Morgan fingerprint density at radius 1 is 1.15 bits per heavy atom. The molecule has 0 aliphatic rings. The molecule has 0 aliphatic carbocycles. The van der Waals surface area contributed by atoms with Crippen molar-refractivity contribution in [2.75, 3.05) is 0 Å². The number of nitrogens with zero attached hydrogens (tertiary/aromatic N) is 3. The molecule has 4 nitrogen and oxygen atoms in total. The van der Waals surface area contributed by atoms with Crippen LogP contribution < -0.4 is 4.74 Å². The van der Waals surface area contributed by atoms with Crippen LogP contribution in [-0.2, 0) is 6.61 Å². The van der Waals surface area contributed by atoms with Gasteiger partial charge in [-0.05, 0) is 26.0 Å². The maximum absolute atomic E-state index is 5.73. The summed E-state index contributed by atoms with van der Waals surface area (Å²) < 4.78 is 7.60. The molecule has 2 aromatic heterocycles. The highest BCUT2D eigenvalue weighted by Gasteiger charge is 2.04. The van der Waals surface area contributed by atoms with Crippen LogP contribution in [0.2, 0.25) is 0 Å². The maximum atomic E-state index is 5.73. The molecule has 102 valence electrons. The minimum absolute atomic E-state index is 0.339. The van der Waals surface area contributed by atoms with Crippen molar-refractivity contribution in [1.82, 2.24) is 14.8 Å². The topological polar surface area (TPSA) is 39.9 Å². The van der Waals surface area contributed by atoms with Gasteiger partial charge in [0.25, 0.3) is 0 Å². The number of ether oxygens (including phenoxy) is 1. The van der Waals surface area contributed by atoms with Crippen LogP contribution in [0.25, 0.3) is 10.9 Å². The van der Waals surface area contributed by atoms with Crippen LogP contribution in [0.4, 0.5) is 0 Å². The van der Waals surface area contributed by atoms with Gasteiger partial charge < -0.3 is 4.74 Å². The quantitative estimate of drug-likeness (QED) is 0.725. The third-order valence-electron chi connectivity index (χ3n) is 3.15. The summed E-state index contributed by atoms with van der Waals surface area (Å²) in [6.45, 7) is 4.62. The van der Waals surface area contributed by atoms with Gasteiger partial charge in [0.2, 0.25) is 0 Å². The number of pyridine rings is 1. The first-order valence-electron chi connectivity index (χ1n) is 6.74. The summed E-state index contributed by atoms with van der Waals surface area (Å²) in [7, 11) is 0. The van der Waals surface area contributed by atoms with E-state index in [1.807, 2.05) is 35.1 Å². The van der Waals surface area contributed by atoms with Gasteiger partial charge in [-0.2, -0.15) is 5.10 Å². The van der Waals surface area contributed by atoms with Crippen molar-refractivity contribution < 1.29 is 4.74 Å². The molecule has 0 radical (unpaired) electrons. The molecule has 0 unspecified atom stereocenters. The van der Waals surface area contributed by atoms with E-state index < -0.39 is 0 Å². The van der Waals surface area contributed by atoms with Crippen molar-refractivity contribution in [3.8, 4) is 5.75 Å². The lowest BCUT2D eigenvalue weighted by molar-refractivity contribution is 0.301. The number of benzene rings is 1.